The van der Waals surface area contributed by atoms with Gasteiger partial charge in [-0.05, 0) is 20.3 Å². The van der Waals surface area contributed by atoms with E-state index in [-0.39, 0.29) is 11.0 Å². The van der Waals surface area contributed by atoms with Crippen LogP contribution in [0, 0.1) is 5.41 Å². The molecule has 1 aliphatic rings. The number of rotatable bonds is 3. The van der Waals surface area contributed by atoms with Gasteiger partial charge >= 0.3 is 0 Å². The van der Waals surface area contributed by atoms with Gasteiger partial charge < -0.3 is 15.0 Å². The second-order valence-corrected chi connectivity index (χ2v) is 6.21. The standard InChI is InChI=1S/C13H23N3O/c1-12(2)9(6-11(12)17-5)16-8-15-7-10(16)13(3,4)14/h7-9,11H,6,14H2,1-5H3. The van der Waals surface area contributed by atoms with Crippen LogP contribution in [0.5, 0.6) is 0 Å². The molecule has 17 heavy (non-hydrogen) atoms. The maximum Gasteiger partial charge on any atom is 0.0951 e. The molecule has 1 aliphatic carbocycles. The molecule has 1 aromatic rings. The molecule has 0 aromatic carbocycles. The monoisotopic (exact) mass is 237 g/mol. The molecule has 0 radical (unpaired) electrons. The van der Waals surface area contributed by atoms with Crippen molar-refractivity contribution in [2.45, 2.75) is 51.8 Å². The topological polar surface area (TPSA) is 53.1 Å². The quantitative estimate of drug-likeness (QED) is 0.875. The Morgan fingerprint density at radius 1 is 1.53 bits per heavy atom. The Balaban J connectivity index is 2.29. The summed E-state index contributed by atoms with van der Waals surface area (Å²) in [5.74, 6) is 0. The minimum Gasteiger partial charge on any atom is -0.381 e. The van der Waals surface area contributed by atoms with E-state index in [0.29, 0.717) is 12.1 Å². The fraction of sp³-hybridized carbons (Fsp3) is 0.769. The van der Waals surface area contributed by atoms with Gasteiger partial charge in [-0.2, -0.15) is 0 Å². The zero-order chi connectivity index (χ0) is 12.8. The van der Waals surface area contributed by atoms with Gasteiger partial charge in [0.25, 0.3) is 0 Å². The van der Waals surface area contributed by atoms with Gasteiger partial charge in [-0.15, -0.1) is 0 Å². The van der Waals surface area contributed by atoms with Crippen LogP contribution in [-0.2, 0) is 10.3 Å². The van der Waals surface area contributed by atoms with Crippen molar-refractivity contribution in [1.29, 1.82) is 0 Å². The average molecular weight is 237 g/mol. The highest BCUT2D eigenvalue weighted by Gasteiger charge is 2.50. The molecule has 4 heteroatoms. The fourth-order valence-corrected chi connectivity index (χ4v) is 2.79. The van der Waals surface area contributed by atoms with E-state index in [1.807, 2.05) is 26.4 Å². The van der Waals surface area contributed by atoms with Crippen LogP contribution in [0.1, 0.15) is 45.9 Å². The van der Waals surface area contributed by atoms with Gasteiger partial charge in [-0.25, -0.2) is 4.98 Å². The van der Waals surface area contributed by atoms with Crippen molar-refractivity contribution in [2.75, 3.05) is 7.11 Å². The molecule has 2 N–H and O–H groups in total. The van der Waals surface area contributed by atoms with E-state index in [9.17, 15) is 0 Å². The third kappa shape index (κ3) is 1.89. The maximum atomic E-state index is 6.18. The van der Waals surface area contributed by atoms with Gasteiger partial charge in [0.1, 0.15) is 0 Å². The molecule has 0 bridgehead atoms. The summed E-state index contributed by atoms with van der Waals surface area (Å²) in [4.78, 5) is 4.25. The molecule has 1 aromatic heterocycles. The number of nitrogens with zero attached hydrogens (tertiary/aromatic N) is 2. The first-order valence-electron chi connectivity index (χ1n) is 6.12. The van der Waals surface area contributed by atoms with E-state index in [1.165, 1.54) is 0 Å². The Morgan fingerprint density at radius 3 is 2.65 bits per heavy atom. The molecular weight excluding hydrogens is 214 g/mol. The second kappa shape index (κ2) is 3.82. The van der Waals surface area contributed by atoms with Gasteiger partial charge in [0.2, 0.25) is 0 Å². The molecule has 96 valence electrons. The van der Waals surface area contributed by atoms with Gasteiger partial charge in [0, 0.05) is 24.8 Å². The highest BCUT2D eigenvalue weighted by Crippen LogP contribution is 2.51. The van der Waals surface area contributed by atoms with Crippen molar-refractivity contribution < 1.29 is 4.74 Å². The van der Waals surface area contributed by atoms with E-state index < -0.39 is 0 Å². The SMILES string of the molecule is COC1CC(n2cncc2C(C)(C)N)C1(C)C. The molecule has 2 unspecified atom stereocenters. The third-order valence-electron chi connectivity index (χ3n) is 4.07. The summed E-state index contributed by atoms with van der Waals surface area (Å²) < 4.78 is 7.71. The van der Waals surface area contributed by atoms with Crippen LogP contribution >= 0.6 is 0 Å². The summed E-state index contributed by atoms with van der Waals surface area (Å²) in [6.07, 6.45) is 5.12. The highest BCUT2D eigenvalue weighted by atomic mass is 16.5. The van der Waals surface area contributed by atoms with Crippen molar-refractivity contribution in [2.24, 2.45) is 11.1 Å². The Labute approximate surface area is 103 Å². The van der Waals surface area contributed by atoms with E-state index >= 15 is 0 Å². The van der Waals surface area contributed by atoms with Crippen molar-refractivity contribution in [3.63, 3.8) is 0 Å². The van der Waals surface area contributed by atoms with E-state index in [1.54, 1.807) is 7.11 Å². The molecular formula is C13H23N3O. The van der Waals surface area contributed by atoms with E-state index in [4.69, 9.17) is 10.5 Å². The molecule has 4 nitrogen and oxygen atoms in total. The molecule has 0 amide bonds. The van der Waals surface area contributed by atoms with Crippen molar-refractivity contribution in [1.82, 2.24) is 9.55 Å². The summed E-state index contributed by atoms with van der Waals surface area (Å²) >= 11 is 0. The molecule has 0 aliphatic heterocycles. The summed E-state index contributed by atoms with van der Waals surface area (Å²) in [5.41, 5.74) is 7.05. The summed E-state index contributed by atoms with van der Waals surface area (Å²) in [7, 11) is 1.78. The summed E-state index contributed by atoms with van der Waals surface area (Å²) in [6.45, 7) is 8.51. The molecule has 0 spiro atoms. The van der Waals surface area contributed by atoms with Gasteiger partial charge in [0.15, 0.2) is 0 Å². The number of ether oxygens (including phenoxy) is 1. The Hall–Kier alpha value is -0.870. The smallest absolute Gasteiger partial charge is 0.0951 e. The molecule has 2 rings (SSSR count). The number of aromatic nitrogens is 2. The molecule has 0 saturated heterocycles. The average Bonchev–Trinajstić information content (AvgIpc) is 2.65. The predicted octanol–water partition coefficient (Wildman–Crippen LogP) is 2.06. The lowest BCUT2D eigenvalue weighted by Crippen LogP contribution is -2.52. The lowest BCUT2D eigenvalue weighted by Gasteiger charge is -2.52. The zero-order valence-electron chi connectivity index (χ0n) is 11.4. The lowest BCUT2D eigenvalue weighted by atomic mass is 9.64. The second-order valence-electron chi connectivity index (χ2n) is 6.21. The van der Waals surface area contributed by atoms with Crippen LogP contribution in [0.25, 0.3) is 0 Å². The normalized spacial score (nSPS) is 27.9. The number of imidazole rings is 1. The van der Waals surface area contributed by atoms with Gasteiger partial charge in [-0.1, -0.05) is 13.8 Å². The first kappa shape index (κ1) is 12.6. The first-order valence-corrected chi connectivity index (χ1v) is 6.12. The van der Waals surface area contributed by atoms with Crippen molar-refractivity contribution in [3.05, 3.63) is 18.2 Å². The molecule has 1 heterocycles. The fourth-order valence-electron chi connectivity index (χ4n) is 2.79. The third-order valence-corrected chi connectivity index (χ3v) is 4.07. The molecule has 1 fully saturated rings. The van der Waals surface area contributed by atoms with E-state index in [0.717, 1.165) is 12.1 Å². The van der Waals surface area contributed by atoms with Crippen molar-refractivity contribution >= 4 is 0 Å². The number of methoxy groups -OCH3 is 1. The molecule has 2 atom stereocenters. The van der Waals surface area contributed by atoms with Crippen LogP contribution in [0.4, 0.5) is 0 Å². The number of hydrogen-bond donors (Lipinski definition) is 1. The Bertz CT molecular complexity index is 403. The maximum absolute atomic E-state index is 6.18. The van der Waals surface area contributed by atoms with E-state index in [2.05, 4.69) is 23.4 Å². The zero-order valence-corrected chi connectivity index (χ0v) is 11.4. The van der Waals surface area contributed by atoms with Crippen molar-refractivity contribution in [3.8, 4) is 0 Å². The largest absolute Gasteiger partial charge is 0.381 e. The highest BCUT2D eigenvalue weighted by molar-refractivity contribution is 5.15. The Kier molecular flexibility index (Phi) is 2.83. The lowest BCUT2D eigenvalue weighted by molar-refractivity contribution is -0.113. The number of hydrogen-bond acceptors (Lipinski definition) is 3. The van der Waals surface area contributed by atoms with Gasteiger partial charge in [0.05, 0.1) is 23.7 Å². The Morgan fingerprint density at radius 2 is 2.18 bits per heavy atom. The van der Waals surface area contributed by atoms with Crippen LogP contribution in [0.3, 0.4) is 0 Å². The minimum absolute atomic E-state index is 0.134. The van der Waals surface area contributed by atoms with Crippen LogP contribution in [0.2, 0.25) is 0 Å². The molecule has 1 saturated carbocycles. The summed E-state index contributed by atoms with van der Waals surface area (Å²) in [5, 5.41) is 0. The van der Waals surface area contributed by atoms with Crippen LogP contribution < -0.4 is 5.73 Å². The van der Waals surface area contributed by atoms with Gasteiger partial charge in [-0.3, -0.25) is 0 Å². The van der Waals surface area contributed by atoms with Crippen LogP contribution in [-0.4, -0.2) is 22.8 Å². The van der Waals surface area contributed by atoms with Crippen LogP contribution in [0.15, 0.2) is 12.5 Å². The minimum atomic E-state index is -0.356. The predicted molar refractivity (Wildman–Crippen MR) is 67.7 cm³/mol. The first-order chi connectivity index (χ1) is 7.78. The number of nitrogens with two attached hydrogens (primary N) is 1. The summed E-state index contributed by atoms with van der Waals surface area (Å²) in [6, 6.07) is 0.424.